The number of nitrogens with zero attached hydrogens (tertiary/aromatic N) is 1. The molecule has 0 rings (SSSR count). The van der Waals surface area contributed by atoms with Crippen molar-refractivity contribution in [3.63, 3.8) is 0 Å². The Bertz CT molecular complexity index is 182. The maximum absolute atomic E-state index is 11.8. The molecule has 0 spiro atoms. The molecule has 1 amide bonds. The Kier molecular flexibility index (Phi) is 5.72. The molecule has 0 heterocycles. The number of carbonyl (C=O) groups is 1. The van der Waals surface area contributed by atoms with E-state index in [1.807, 2.05) is 27.7 Å². The van der Waals surface area contributed by atoms with Crippen LogP contribution < -0.4 is 11.5 Å². The summed E-state index contributed by atoms with van der Waals surface area (Å²) >= 11 is 0. The van der Waals surface area contributed by atoms with Crippen LogP contribution in [0.1, 0.15) is 34.1 Å². The molecule has 2 atom stereocenters. The van der Waals surface area contributed by atoms with Crippen molar-refractivity contribution in [2.75, 3.05) is 6.67 Å². The van der Waals surface area contributed by atoms with Crippen molar-refractivity contribution in [1.29, 1.82) is 0 Å². The van der Waals surface area contributed by atoms with Crippen LogP contribution in [0.25, 0.3) is 0 Å². The van der Waals surface area contributed by atoms with Crippen LogP contribution in [0.5, 0.6) is 0 Å². The lowest BCUT2D eigenvalue weighted by molar-refractivity contribution is -0.135. The van der Waals surface area contributed by atoms with Crippen molar-refractivity contribution in [1.82, 2.24) is 4.90 Å². The van der Waals surface area contributed by atoms with Gasteiger partial charge in [-0.05, 0) is 19.3 Å². The zero-order chi connectivity index (χ0) is 11.3. The predicted octanol–water partition coefficient (Wildman–Crippen LogP) is 0.513. The number of hydrogen-bond donors (Lipinski definition) is 2. The number of nitrogens with two attached hydrogens (primary N) is 2. The molecular formula is C10H23N3O. The minimum Gasteiger partial charge on any atom is -0.326 e. The van der Waals surface area contributed by atoms with E-state index in [9.17, 15) is 4.79 Å². The van der Waals surface area contributed by atoms with Gasteiger partial charge in [-0.15, -0.1) is 0 Å². The first-order chi connectivity index (χ1) is 6.45. The molecule has 84 valence electrons. The zero-order valence-electron chi connectivity index (χ0n) is 9.66. The van der Waals surface area contributed by atoms with Gasteiger partial charge < -0.3 is 16.4 Å². The van der Waals surface area contributed by atoms with Crippen molar-refractivity contribution >= 4 is 5.91 Å². The minimum atomic E-state index is -0.437. The molecule has 0 bridgehead atoms. The summed E-state index contributed by atoms with van der Waals surface area (Å²) in [7, 11) is 0. The second kappa shape index (κ2) is 5.98. The van der Waals surface area contributed by atoms with Gasteiger partial charge in [0.15, 0.2) is 0 Å². The Morgan fingerprint density at radius 3 is 2.14 bits per heavy atom. The first kappa shape index (κ1) is 13.4. The molecule has 4 nitrogen and oxygen atoms in total. The first-order valence-electron chi connectivity index (χ1n) is 5.21. The highest BCUT2D eigenvalue weighted by Crippen LogP contribution is 2.08. The normalized spacial score (nSPS) is 15.4. The molecule has 0 saturated carbocycles. The molecule has 0 aliphatic heterocycles. The van der Waals surface area contributed by atoms with Crippen LogP contribution >= 0.6 is 0 Å². The lowest BCUT2D eigenvalue weighted by Crippen LogP contribution is -2.51. The van der Waals surface area contributed by atoms with Gasteiger partial charge in [0.05, 0.1) is 12.7 Å². The summed E-state index contributed by atoms with van der Waals surface area (Å²) in [5, 5.41) is 0. The average Bonchev–Trinajstić information content (AvgIpc) is 2.16. The molecule has 0 fully saturated rings. The lowest BCUT2D eigenvalue weighted by atomic mass is 10.0. The Labute approximate surface area is 86.6 Å². The van der Waals surface area contributed by atoms with Crippen molar-refractivity contribution in [2.45, 2.75) is 46.2 Å². The maximum Gasteiger partial charge on any atom is 0.241 e. The van der Waals surface area contributed by atoms with Gasteiger partial charge in [0, 0.05) is 6.04 Å². The van der Waals surface area contributed by atoms with E-state index in [-0.39, 0.29) is 24.5 Å². The van der Waals surface area contributed by atoms with E-state index in [1.54, 1.807) is 4.90 Å². The van der Waals surface area contributed by atoms with Crippen LogP contribution in [0.3, 0.4) is 0 Å². The number of rotatable bonds is 5. The highest BCUT2D eigenvalue weighted by Gasteiger charge is 2.25. The van der Waals surface area contributed by atoms with Gasteiger partial charge in [-0.2, -0.15) is 0 Å². The van der Waals surface area contributed by atoms with Crippen LogP contribution in [-0.2, 0) is 4.79 Å². The summed E-state index contributed by atoms with van der Waals surface area (Å²) in [5.74, 6) is 0.109. The standard InChI is InChI=1S/C10H23N3O/c1-5-8(4)13(6-11)10(14)9(12)7(2)3/h7-9H,5-6,11-12H2,1-4H3. The predicted molar refractivity (Wildman–Crippen MR) is 58.5 cm³/mol. The quantitative estimate of drug-likeness (QED) is 0.637. The first-order valence-corrected chi connectivity index (χ1v) is 5.21. The van der Waals surface area contributed by atoms with Gasteiger partial charge in [0.25, 0.3) is 0 Å². The highest BCUT2D eigenvalue weighted by atomic mass is 16.2. The van der Waals surface area contributed by atoms with Gasteiger partial charge in [0.1, 0.15) is 0 Å². The molecule has 0 aliphatic carbocycles. The van der Waals surface area contributed by atoms with E-state index in [4.69, 9.17) is 11.5 Å². The van der Waals surface area contributed by atoms with Gasteiger partial charge in [0.2, 0.25) is 5.91 Å². The molecule has 14 heavy (non-hydrogen) atoms. The molecule has 0 aliphatic rings. The third-order valence-corrected chi connectivity index (χ3v) is 2.61. The molecule has 0 saturated heterocycles. The van der Waals surface area contributed by atoms with E-state index in [0.717, 1.165) is 6.42 Å². The van der Waals surface area contributed by atoms with E-state index in [2.05, 4.69) is 0 Å². The molecule has 2 unspecified atom stereocenters. The molecule has 4 heteroatoms. The van der Waals surface area contributed by atoms with E-state index < -0.39 is 6.04 Å². The monoisotopic (exact) mass is 201 g/mol. The Balaban J connectivity index is 4.45. The van der Waals surface area contributed by atoms with E-state index in [0.29, 0.717) is 0 Å². The highest BCUT2D eigenvalue weighted by molar-refractivity contribution is 5.82. The van der Waals surface area contributed by atoms with Gasteiger partial charge in [-0.3, -0.25) is 4.79 Å². The van der Waals surface area contributed by atoms with Crippen molar-refractivity contribution < 1.29 is 4.79 Å². The topological polar surface area (TPSA) is 72.3 Å². The summed E-state index contributed by atoms with van der Waals surface area (Å²) in [6.07, 6.45) is 0.897. The summed E-state index contributed by atoms with van der Waals surface area (Å²) in [6.45, 7) is 8.13. The van der Waals surface area contributed by atoms with Crippen LogP contribution in [0.2, 0.25) is 0 Å². The van der Waals surface area contributed by atoms with Crippen LogP contribution in [0, 0.1) is 5.92 Å². The van der Waals surface area contributed by atoms with E-state index >= 15 is 0 Å². The Morgan fingerprint density at radius 1 is 1.36 bits per heavy atom. The lowest BCUT2D eigenvalue weighted by Gasteiger charge is -2.30. The fourth-order valence-electron chi connectivity index (χ4n) is 1.18. The number of amides is 1. The van der Waals surface area contributed by atoms with Crippen molar-refractivity contribution in [3.05, 3.63) is 0 Å². The van der Waals surface area contributed by atoms with Crippen LogP contribution in [0.15, 0.2) is 0 Å². The zero-order valence-corrected chi connectivity index (χ0v) is 9.66. The maximum atomic E-state index is 11.8. The molecule has 4 N–H and O–H groups in total. The summed E-state index contributed by atoms with van der Waals surface area (Å²) in [4.78, 5) is 13.5. The van der Waals surface area contributed by atoms with E-state index in [1.165, 1.54) is 0 Å². The molecule has 0 radical (unpaired) electrons. The molecule has 0 aromatic heterocycles. The molecule has 0 aromatic rings. The second-order valence-corrected chi connectivity index (χ2v) is 4.02. The SMILES string of the molecule is CCC(C)N(CN)C(=O)C(N)C(C)C. The third kappa shape index (κ3) is 3.27. The molecule has 0 aromatic carbocycles. The van der Waals surface area contributed by atoms with Crippen molar-refractivity contribution in [2.24, 2.45) is 17.4 Å². The largest absolute Gasteiger partial charge is 0.326 e. The van der Waals surface area contributed by atoms with Gasteiger partial charge in [-0.1, -0.05) is 20.8 Å². The number of carbonyl (C=O) groups excluding carboxylic acids is 1. The fraction of sp³-hybridized carbons (Fsp3) is 0.900. The van der Waals surface area contributed by atoms with Crippen LogP contribution in [-0.4, -0.2) is 29.6 Å². The van der Waals surface area contributed by atoms with Crippen molar-refractivity contribution in [3.8, 4) is 0 Å². The minimum absolute atomic E-state index is 0.0446. The average molecular weight is 201 g/mol. The third-order valence-electron chi connectivity index (χ3n) is 2.61. The second-order valence-electron chi connectivity index (χ2n) is 4.02. The van der Waals surface area contributed by atoms with Gasteiger partial charge in [-0.25, -0.2) is 0 Å². The Hall–Kier alpha value is -0.610. The fourth-order valence-corrected chi connectivity index (χ4v) is 1.18. The number of hydrogen-bond acceptors (Lipinski definition) is 3. The smallest absolute Gasteiger partial charge is 0.241 e. The summed E-state index contributed by atoms with van der Waals surface area (Å²) < 4.78 is 0. The summed E-state index contributed by atoms with van der Waals surface area (Å²) in [5.41, 5.74) is 11.3. The molecular weight excluding hydrogens is 178 g/mol. The Morgan fingerprint density at radius 2 is 1.86 bits per heavy atom. The van der Waals surface area contributed by atoms with Crippen LogP contribution in [0.4, 0.5) is 0 Å². The van der Waals surface area contributed by atoms with Gasteiger partial charge >= 0.3 is 0 Å². The summed E-state index contributed by atoms with van der Waals surface area (Å²) in [6, 6.07) is -0.273.